The molecule has 1 unspecified atom stereocenters. The third kappa shape index (κ3) is 1.88. The molecule has 1 aromatic carbocycles. The van der Waals surface area contributed by atoms with Gasteiger partial charge in [-0.1, -0.05) is 12.1 Å². The molecule has 2 aromatic rings. The van der Waals surface area contributed by atoms with E-state index < -0.39 is 11.9 Å². The quantitative estimate of drug-likeness (QED) is 0.920. The SMILES string of the molecule is Cn1cncc1C(O)c1cccc(Br)c1F. The van der Waals surface area contributed by atoms with Crippen molar-refractivity contribution in [3.63, 3.8) is 0 Å². The van der Waals surface area contributed by atoms with Gasteiger partial charge in [-0.05, 0) is 22.0 Å². The standard InChI is InChI=1S/C11H10BrFN2O/c1-15-6-14-5-9(15)11(16)7-3-2-4-8(12)10(7)13/h2-6,11,16H,1H3. The monoisotopic (exact) mass is 284 g/mol. The lowest BCUT2D eigenvalue weighted by Crippen LogP contribution is -2.07. The third-order valence-electron chi connectivity index (χ3n) is 2.41. The highest BCUT2D eigenvalue weighted by molar-refractivity contribution is 9.10. The van der Waals surface area contributed by atoms with E-state index in [0.717, 1.165) is 0 Å². The molecule has 0 bridgehead atoms. The molecule has 5 heteroatoms. The van der Waals surface area contributed by atoms with Crippen molar-refractivity contribution in [1.29, 1.82) is 0 Å². The smallest absolute Gasteiger partial charge is 0.143 e. The maximum atomic E-state index is 13.7. The summed E-state index contributed by atoms with van der Waals surface area (Å²) in [7, 11) is 1.75. The summed E-state index contributed by atoms with van der Waals surface area (Å²) < 4.78 is 15.7. The second-order valence-electron chi connectivity index (χ2n) is 3.47. The number of aromatic nitrogens is 2. The number of benzene rings is 1. The van der Waals surface area contributed by atoms with Crippen LogP contribution in [0.4, 0.5) is 4.39 Å². The third-order valence-corrected chi connectivity index (χ3v) is 3.02. The molecule has 0 aliphatic rings. The van der Waals surface area contributed by atoms with Crippen molar-refractivity contribution in [2.45, 2.75) is 6.10 Å². The molecule has 0 aliphatic heterocycles. The average molecular weight is 285 g/mol. The minimum atomic E-state index is -1.01. The molecule has 0 fully saturated rings. The summed E-state index contributed by atoms with van der Waals surface area (Å²) >= 11 is 3.09. The van der Waals surface area contributed by atoms with Gasteiger partial charge in [0.1, 0.15) is 11.9 Å². The first-order chi connectivity index (χ1) is 7.61. The number of nitrogens with zero attached hydrogens (tertiary/aromatic N) is 2. The number of hydrogen-bond acceptors (Lipinski definition) is 2. The normalized spacial score (nSPS) is 12.8. The van der Waals surface area contributed by atoms with Crippen LogP contribution in [0.3, 0.4) is 0 Å². The zero-order chi connectivity index (χ0) is 11.7. The zero-order valence-electron chi connectivity index (χ0n) is 8.56. The van der Waals surface area contributed by atoms with Gasteiger partial charge in [-0.15, -0.1) is 0 Å². The van der Waals surface area contributed by atoms with Crippen LogP contribution in [0.2, 0.25) is 0 Å². The number of rotatable bonds is 2. The molecule has 84 valence electrons. The predicted molar refractivity (Wildman–Crippen MR) is 61.4 cm³/mol. The van der Waals surface area contributed by atoms with Crippen LogP contribution < -0.4 is 0 Å². The molecular weight excluding hydrogens is 275 g/mol. The van der Waals surface area contributed by atoms with E-state index >= 15 is 0 Å². The molecule has 1 aromatic heterocycles. The van der Waals surface area contributed by atoms with E-state index in [4.69, 9.17) is 0 Å². The fraction of sp³-hybridized carbons (Fsp3) is 0.182. The molecule has 0 radical (unpaired) electrons. The van der Waals surface area contributed by atoms with Crippen molar-refractivity contribution in [3.05, 3.63) is 52.3 Å². The van der Waals surface area contributed by atoms with E-state index in [1.807, 2.05) is 0 Å². The lowest BCUT2D eigenvalue weighted by Gasteiger charge is -2.13. The fourth-order valence-corrected chi connectivity index (χ4v) is 1.90. The van der Waals surface area contributed by atoms with E-state index in [9.17, 15) is 9.50 Å². The van der Waals surface area contributed by atoms with Crippen molar-refractivity contribution >= 4 is 15.9 Å². The Balaban J connectivity index is 2.46. The van der Waals surface area contributed by atoms with E-state index in [1.54, 1.807) is 36.1 Å². The first-order valence-electron chi connectivity index (χ1n) is 4.69. The van der Waals surface area contributed by atoms with Gasteiger partial charge in [0, 0.05) is 12.6 Å². The van der Waals surface area contributed by atoms with Crippen LogP contribution in [0, 0.1) is 5.82 Å². The number of aryl methyl sites for hydroxylation is 1. The Morgan fingerprint density at radius 2 is 2.25 bits per heavy atom. The molecule has 0 saturated heterocycles. The van der Waals surface area contributed by atoms with Crippen LogP contribution in [-0.2, 0) is 7.05 Å². The number of aliphatic hydroxyl groups excluding tert-OH is 1. The maximum absolute atomic E-state index is 13.7. The van der Waals surface area contributed by atoms with Crippen molar-refractivity contribution in [1.82, 2.24) is 9.55 Å². The van der Waals surface area contributed by atoms with Gasteiger partial charge in [-0.25, -0.2) is 9.37 Å². The number of aliphatic hydroxyl groups is 1. The lowest BCUT2D eigenvalue weighted by atomic mass is 10.1. The summed E-state index contributed by atoms with van der Waals surface area (Å²) in [6.07, 6.45) is 2.07. The van der Waals surface area contributed by atoms with Gasteiger partial charge in [0.25, 0.3) is 0 Å². The summed E-state index contributed by atoms with van der Waals surface area (Å²) in [6, 6.07) is 4.83. The Bertz CT molecular complexity index is 512. The van der Waals surface area contributed by atoms with E-state index in [1.165, 1.54) is 6.20 Å². The van der Waals surface area contributed by atoms with Crippen molar-refractivity contribution in [2.75, 3.05) is 0 Å². The van der Waals surface area contributed by atoms with Crippen LogP contribution >= 0.6 is 15.9 Å². The Kier molecular flexibility index (Phi) is 3.07. The number of halogens is 2. The average Bonchev–Trinajstić information content (AvgIpc) is 2.68. The molecule has 0 spiro atoms. The van der Waals surface area contributed by atoms with Gasteiger partial charge in [-0.2, -0.15) is 0 Å². The van der Waals surface area contributed by atoms with Crippen LogP contribution in [0.1, 0.15) is 17.4 Å². The summed E-state index contributed by atoms with van der Waals surface area (Å²) in [5, 5.41) is 10.0. The number of imidazole rings is 1. The van der Waals surface area contributed by atoms with Crippen molar-refractivity contribution in [2.24, 2.45) is 7.05 Å². The summed E-state index contributed by atoms with van der Waals surface area (Å²) in [6.45, 7) is 0. The highest BCUT2D eigenvalue weighted by Crippen LogP contribution is 2.27. The molecule has 0 saturated carbocycles. The largest absolute Gasteiger partial charge is 0.382 e. The Labute approximate surface area is 101 Å². The van der Waals surface area contributed by atoms with E-state index in [-0.39, 0.29) is 5.56 Å². The van der Waals surface area contributed by atoms with Gasteiger partial charge < -0.3 is 9.67 Å². The molecule has 1 N–H and O–H groups in total. The second-order valence-corrected chi connectivity index (χ2v) is 4.33. The van der Waals surface area contributed by atoms with Crippen LogP contribution in [-0.4, -0.2) is 14.7 Å². The predicted octanol–water partition coefficient (Wildman–Crippen LogP) is 2.40. The second kappa shape index (κ2) is 4.35. The molecule has 1 atom stereocenters. The molecule has 16 heavy (non-hydrogen) atoms. The Morgan fingerprint density at radius 1 is 1.50 bits per heavy atom. The van der Waals surface area contributed by atoms with E-state index in [2.05, 4.69) is 20.9 Å². The first kappa shape index (κ1) is 11.3. The lowest BCUT2D eigenvalue weighted by molar-refractivity contribution is 0.206. The van der Waals surface area contributed by atoms with Crippen LogP contribution in [0.25, 0.3) is 0 Å². The minimum Gasteiger partial charge on any atom is -0.382 e. The Hall–Kier alpha value is -1.20. The van der Waals surface area contributed by atoms with Gasteiger partial charge >= 0.3 is 0 Å². The Morgan fingerprint density at radius 3 is 2.88 bits per heavy atom. The topological polar surface area (TPSA) is 38.0 Å². The van der Waals surface area contributed by atoms with Crippen molar-refractivity contribution < 1.29 is 9.50 Å². The minimum absolute atomic E-state index is 0.234. The summed E-state index contributed by atoms with van der Waals surface area (Å²) in [5.74, 6) is -0.448. The van der Waals surface area contributed by atoms with Gasteiger partial charge in [0.05, 0.1) is 22.7 Å². The summed E-state index contributed by atoms with van der Waals surface area (Å²) in [5.41, 5.74) is 0.787. The molecule has 3 nitrogen and oxygen atoms in total. The van der Waals surface area contributed by atoms with Gasteiger partial charge in [-0.3, -0.25) is 0 Å². The molecule has 0 amide bonds. The van der Waals surface area contributed by atoms with Gasteiger partial charge in [0.15, 0.2) is 0 Å². The van der Waals surface area contributed by atoms with E-state index in [0.29, 0.717) is 10.2 Å². The van der Waals surface area contributed by atoms with Crippen molar-refractivity contribution in [3.8, 4) is 0 Å². The zero-order valence-corrected chi connectivity index (χ0v) is 10.1. The number of hydrogen-bond donors (Lipinski definition) is 1. The maximum Gasteiger partial charge on any atom is 0.143 e. The molecule has 2 rings (SSSR count). The highest BCUT2D eigenvalue weighted by atomic mass is 79.9. The van der Waals surface area contributed by atoms with Gasteiger partial charge in [0.2, 0.25) is 0 Å². The van der Waals surface area contributed by atoms with Crippen LogP contribution in [0.5, 0.6) is 0 Å². The molecular formula is C11H10BrFN2O. The fourth-order valence-electron chi connectivity index (χ4n) is 1.52. The molecule has 0 aliphatic carbocycles. The van der Waals surface area contributed by atoms with Crippen LogP contribution in [0.15, 0.2) is 35.2 Å². The summed E-state index contributed by atoms with van der Waals surface area (Å²) in [4.78, 5) is 3.89. The highest BCUT2D eigenvalue weighted by Gasteiger charge is 2.18. The molecule has 1 heterocycles. The first-order valence-corrected chi connectivity index (χ1v) is 5.48.